The van der Waals surface area contributed by atoms with Crippen molar-refractivity contribution in [3.8, 4) is 17.4 Å². The van der Waals surface area contributed by atoms with Gasteiger partial charge in [-0.05, 0) is 18.2 Å². The molecule has 3 aromatic rings. The summed E-state index contributed by atoms with van der Waals surface area (Å²) >= 11 is 0. The largest absolute Gasteiger partial charge is 1.00 e. The smallest absolute Gasteiger partial charge is 0.543 e. The molecule has 3 aromatic heterocycles. The average Bonchev–Trinajstić information content (AvgIpc) is 2.90. The summed E-state index contributed by atoms with van der Waals surface area (Å²) in [5.74, 6) is -3.49. The summed E-state index contributed by atoms with van der Waals surface area (Å²) in [7, 11) is 0. The van der Waals surface area contributed by atoms with Gasteiger partial charge in [-0.25, -0.2) is 13.9 Å². The fourth-order valence-electron chi connectivity index (χ4n) is 2.03. The Labute approximate surface area is 160 Å². The maximum absolute atomic E-state index is 14.0. The Balaban J connectivity index is 0.00000261. The van der Waals surface area contributed by atoms with Gasteiger partial charge in [-0.2, -0.15) is 18.3 Å². The topological polar surface area (TPSA) is 88.8 Å². The van der Waals surface area contributed by atoms with Crippen molar-refractivity contribution in [1.29, 1.82) is 0 Å². The maximum atomic E-state index is 14.0. The second kappa shape index (κ2) is 7.85. The molecular formula is C15H8F4LiN3O4. The van der Waals surface area contributed by atoms with Gasteiger partial charge in [-0.15, -0.1) is 0 Å². The molecule has 3 rings (SSSR count). The molecule has 0 atom stereocenters. The van der Waals surface area contributed by atoms with Gasteiger partial charge < -0.3 is 19.4 Å². The molecule has 0 spiro atoms. The van der Waals surface area contributed by atoms with Gasteiger partial charge in [0.1, 0.15) is 17.0 Å². The van der Waals surface area contributed by atoms with Gasteiger partial charge in [0.25, 0.3) is 5.88 Å². The fraction of sp³-hybridized carbons (Fsp3) is 0.133. The van der Waals surface area contributed by atoms with Crippen molar-refractivity contribution in [3.05, 3.63) is 48.2 Å². The van der Waals surface area contributed by atoms with E-state index in [1.807, 2.05) is 0 Å². The van der Waals surface area contributed by atoms with Crippen molar-refractivity contribution < 1.29 is 55.8 Å². The minimum Gasteiger partial charge on any atom is -0.543 e. The molecule has 0 bridgehead atoms. The van der Waals surface area contributed by atoms with Crippen LogP contribution in [-0.2, 0) is 0 Å². The molecule has 0 aromatic carbocycles. The molecule has 12 heteroatoms. The summed E-state index contributed by atoms with van der Waals surface area (Å²) in [6.45, 7) is -1.54. The van der Waals surface area contributed by atoms with Crippen LogP contribution in [0.2, 0.25) is 0 Å². The molecule has 0 aliphatic heterocycles. The number of pyridine rings is 2. The normalized spacial score (nSPS) is 11.1. The summed E-state index contributed by atoms with van der Waals surface area (Å²) in [5.41, 5.74) is -1.11. The van der Waals surface area contributed by atoms with E-state index in [2.05, 4.69) is 14.8 Å². The zero-order valence-corrected chi connectivity index (χ0v) is 13.7. The number of ether oxygens (including phenoxy) is 2. The first kappa shape index (κ1) is 20.5. The van der Waals surface area contributed by atoms with Gasteiger partial charge in [0.15, 0.2) is 18.2 Å². The van der Waals surface area contributed by atoms with Crippen LogP contribution < -0.4 is 33.4 Å². The van der Waals surface area contributed by atoms with E-state index in [0.717, 1.165) is 10.6 Å². The second-order valence-electron chi connectivity index (χ2n) is 4.95. The Morgan fingerprint density at radius 1 is 1.30 bits per heavy atom. The predicted octanol–water partition coefficient (Wildman–Crippen LogP) is -1.03. The molecule has 7 nitrogen and oxygen atoms in total. The molecule has 0 radical (unpaired) electrons. The minimum absolute atomic E-state index is 0. The van der Waals surface area contributed by atoms with E-state index < -0.39 is 30.3 Å². The SMILES string of the molecule is O=C([O-])c1nn2ccc(Oc3ncccc3OCC(F)(F)F)cc2c1F.[Li+]. The summed E-state index contributed by atoms with van der Waals surface area (Å²) in [6, 6.07) is 4.97. The number of fused-ring (bicyclic) bond motifs is 1. The molecule has 0 saturated heterocycles. The number of carboxylic acid groups (broad SMARTS) is 1. The third-order valence-corrected chi connectivity index (χ3v) is 3.08. The molecule has 0 aliphatic rings. The Hall–Kier alpha value is -2.77. The predicted molar refractivity (Wildman–Crippen MR) is 75.3 cm³/mol. The Kier molecular flexibility index (Phi) is 5.97. The van der Waals surface area contributed by atoms with Gasteiger partial charge >= 0.3 is 25.0 Å². The summed E-state index contributed by atoms with van der Waals surface area (Å²) in [6.07, 6.45) is -2.07. The first-order chi connectivity index (χ1) is 12.2. The number of rotatable bonds is 5. The van der Waals surface area contributed by atoms with Crippen molar-refractivity contribution in [2.24, 2.45) is 0 Å². The second-order valence-corrected chi connectivity index (χ2v) is 4.95. The van der Waals surface area contributed by atoms with Crippen molar-refractivity contribution in [3.63, 3.8) is 0 Å². The van der Waals surface area contributed by atoms with Crippen LogP contribution >= 0.6 is 0 Å². The van der Waals surface area contributed by atoms with Crippen LogP contribution in [0.15, 0.2) is 36.7 Å². The van der Waals surface area contributed by atoms with Crippen LogP contribution in [0, 0.1) is 5.82 Å². The zero-order valence-electron chi connectivity index (χ0n) is 13.7. The van der Waals surface area contributed by atoms with E-state index in [1.165, 1.54) is 30.6 Å². The molecule has 0 saturated carbocycles. The van der Waals surface area contributed by atoms with Crippen LogP contribution in [0.1, 0.15) is 10.5 Å². The Bertz CT molecular complexity index is 977. The monoisotopic (exact) mass is 377 g/mol. The molecular weight excluding hydrogens is 369 g/mol. The van der Waals surface area contributed by atoms with Crippen LogP contribution in [0.25, 0.3) is 5.52 Å². The zero-order chi connectivity index (χ0) is 18.9. The number of halogens is 4. The number of aromatic carboxylic acids is 1. The van der Waals surface area contributed by atoms with Gasteiger partial charge in [0.2, 0.25) is 0 Å². The van der Waals surface area contributed by atoms with Crippen LogP contribution in [0.3, 0.4) is 0 Å². The average molecular weight is 377 g/mol. The van der Waals surface area contributed by atoms with Crippen LogP contribution in [-0.4, -0.2) is 33.4 Å². The number of nitrogens with zero attached hydrogens (tertiary/aromatic N) is 3. The van der Waals surface area contributed by atoms with Gasteiger partial charge in [-0.3, -0.25) is 0 Å². The minimum atomic E-state index is -4.55. The molecule has 0 unspecified atom stereocenters. The number of hydrogen-bond acceptors (Lipinski definition) is 6. The third-order valence-electron chi connectivity index (χ3n) is 3.08. The van der Waals surface area contributed by atoms with Gasteiger partial charge in [-0.1, -0.05) is 0 Å². The number of alkyl halides is 3. The molecule has 3 heterocycles. The Morgan fingerprint density at radius 3 is 2.70 bits per heavy atom. The van der Waals surface area contributed by atoms with Gasteiger partial charge in [0, 0.05) is 18.5 Å². The molecule has 27 heavy (non-hydrogen) atoms. The fourth-order valence-corrected chi connectivity index (χ4v) is 2.03. The van der Waals surface area contributed by atoms with Crippen LogP contribution in [0.5, 0.6) is 17.4 Å². The summed E-state index contributed by atoms with van der Waals surface area (Å²) in [4.78, 5) is 14.6. The van der Waals surface area contributed by atoms with E-state index >= 15 is 0 Å². The van der Waals surface area contributed by atoms with Crippen molar-refractivity contribution in [2.75, 3.05) is 6.61 Å². The van der Waals surface area contributed by atoms with Crippen molar-refractivity contribution in [2.45, 2.75) is 6.18 Å². The van der Waals surface area contributed by atoms with Crippen LogP contribution in [0.4, 0.5) is 17.6 Å². The first-order valence-corrected chi connectivity index (χ1v) is 6.96. The molecule has 0 aliphatic carbocycles. The third kappa shape index (κ3) is 4.69. The maximum Gasteiger partial charge on any atom is 1.00 e. The van der Waals surface area contributed by atoms with Crippen molar-refractivity contribution in [1.82, 2.24) is 14.6 Å². The number of carbonyl (C=O) groups is 1. The van der Waals surface area contributed by atoms with E-state index in [1.54, 1.807) is 0 Å². The molecule has 0 amide bonds. The number of carbonyl (C=O) groups excluding carboxylic acids is 1. The summed E-state index contributed by atoms with van der Waals surface area (Å²) < 4.78 is 61.8. The van der Waals surface area contributed by atoms with E-state index in [0.29, 0.717) is 0 Å². The summed E-state index contributed by atoms with van der Waals surface area (Å²) in [5, 5.41) is 14.3. The van der Waals surface area contributed by atoms with E-state index in [4.69, 9.17) is 4.74 Å². The van der Waals surface area contributed by atoms with Crippen molar-refractivity contribution >= 4 is 11.5 Å². The Morgan fingerprint density at radius 2 is 2.04 bits per heavy atom. The van der Waals surface area contributed by atoms with E-state index in [-0.39, 0.29) is 41.8 Å². The molecule has 0 N–H and O–H groups in total. The number of aromatic nitrogens is 3. The number of carboxylic acids is 1. The quantitative estimate of drug-likeness (QED) is 0.417. The molecule has 0 fully saturated rings. The molecule has 136 valence electrons. The van der Waals surface area contributed by atoms with Gasteiger partial charge in [0.05, 0.1) is 5.97 Å². The number of hydrogen-bond donors (Lipinski definition) is 0. The van der Waals surface area contributed by atoms with E-state index in [9.17, 15) is 27.5 Å². The first-order valence-electron chi connectivity index (χ1n) is 6.96. The standard InChI is InChI=1S/C15H9F4N3O4.Li/c16-11-9-6-8(3-5-22(9)21-12(11)14(23)24)26-13-10(2-1-4-20-13)25-7-15(17,18)19;/h1-6H,7H2,(H,23,24);/q;+1/p-1.